The lowest BCUT2D eigenvalue weighted by Crippen LogP contribution is -2.50. The molecular formula is C22H40IN5O2. The Bertz CT molecular complexity index is 598. The van der Waals surface area contributed by atoms with Gasteiger partial charge < -0.3 is 25.4 Å². The highest BCUT2D eigenvalue weighted by atomic mass is 127. The highest BCUT2D eigenvalue weighted by Crippen LogP contribution is 2.10. The lowest BCUT2D eigenvalue weighted by atomic mass is 10.2. The summed E-state index contributed by atoms with van der Waals surface area (Å²) in [5, 5.41) is 10.1. The van der Waals surface area contributed by atoms with Gasteiger partial charge in [0.2, 0.25) is 0 Å². The van der Waals surface area contributed by atoms with Crippen molar-refractivity contribution in [3.8, 4) is 0 Å². The predicted molar refractivity (Wildman–Crippen MR) is 136 cm³/mol. The summed E-state index contributed by atoms with van der Waals surface area (Å²) < 4.78 is 11.0. The summed E-state index contributed by atoms with van der Waals surface area (Å²) in [6.07, 6.45) is 0.198. The standard InChI is InChI=1S/C22H39N5O2.HI/c1-5-23-22(26-15-21-17-27(11-13-29-21)16-18(2)3)25-14-19-6-8-20(9-7-19)24-10-12-28-4;/h6-9,18,21,24H,5,10-17H2,1-4H3,(H2,23,25,26);1H. The highest BCUT2D eigenvalue weighted by Gasteiger charge is 2.21. The number of guanidine groups is 1. The van der Waals surface area contributed by atoms with Crippen LogP contribution in [-0.2, 0) is 16.0 Å². The van der Waals surface area contributed by atoms with E-state index in [1.54, 1.807) is 7.11 Å². The van der Waals surface area contributed by atoms with Gasteiger partial charge in [-0.15, -0.1) is 24.0 Å². The Balaban J connectivity index is 0.00000450. The van der Waals surface area contributed by atoms with Gasteiger partial charge in [0.15, 0.2) is 5.96 Å². The molecule has 0 saturated carbocycles. The maximum atomic E-state index is 5.93. The van der Waals surface area contributed by atoms with E-state index in [1.165, 1.54) is 5.56 Å². The second kappa shape index (κ2) is 15.7. The summed E-state index contributed by atoms with van der Waals surface area (Å²) in [4.78, 5) is 7.22. The van der Waals surface area contributed by atoms with E-state index < -0.39 is 0 Å². The summed E-state index contributed by atoms with van der Waals surface area (Å²) in [5.74, 6) is 1.52. The van der Waals surface area contributed by atoms with Gasteiger partial charge in [0, 0.05) is 52.1 Å². The van der Waals surface area contributed by atoms with Crippen LogP contribution in [0.25, 0.3) is 0 Å². The quantitative estimate of drug-likeness (QED) is 0.176. The first-order chi connectivity index (χ1) is 14.1. The van der Waals surface area contributed by atoms with Crippen LogP contribution in [0.3, 0.4) is 0 Å². The highest BCUT2D eigenvalue weighted by molar-refractivity contribution is 14.0. The monoisotopic (exact) mass is 533 g/mol. The molecule has 1 aromatic carbocycles. The molecule has 1 aliphatic rings. The van der Waals surface area contributed by atoms with Crippen LogP contribution in [0, 0.1) is 5.92 Å². The molecule has 1 saturated heterocycles. The number of nitrogens with one attached hydrogen (secondary N) is 3. The van der Waals surface area contributed by atoms with Crippen molar-refractivity contribution in [2.45, 2.75) is 33.4 Å². The first-order valence-electron chi connectivity index (χ1n) is 10.8. The molecule has 2 rings (SSSR count). The number of halogens is 1. The second-order valence-corrected chi connectivity index (χ2v) is 7.84. The smallest absolute Gasteiger partial charge is 0.191 e. The molecule has 1 atom stereocenters. The van der Waals surface area contributed by atoms with Gasteiger partial charge in [-0.05, 0) is 30.5 Å². The summed E-state index contributed by atoms with van der Waals surface area (Å²) in [7, 11) is 1.71. The van der Waals surface area contributed by atoms with E-state index in [0.717, 1.165) is 57.5 Å². The molecule has 1 heterocycles. The minimum absolute atomic E-state index is 0. The summed E-state index contributed by atoms with van der Waals surface area (Å²) in [6.45, 7) is 14.3. The zero-order valence-corrected chi connectivity index (χ0v) is 21.3. The second-order valence-electron chi connectivity index (χ2n) is 7.84. The van der Waals surface area contributed by atoms with Crippen molar-refractivity contribution in [3.63, 3.8) is 0 Å². The van der Waals surface area contributed by atoms with Gasteiger partial charge in [-0.3, -0.25) is 4.90 Å². The molecule has 8 heteroatoms. The fraction of sp³-hybridized carbons (Fsp3) is 0.682. The molecule has 7 nitrogen and oxygen atoms in total. The third kappa shape index (κ3) is 10.8. The normalized spacial score (nSPS) is 17.5. The van der Waals surface area contributed by atoms with E-state index in [2.05, 4.69) is 65.9 Å². The van der Waals surface area contributed by atoms with E-state index in [9.17, 15) is 0 Å². The minimum Gasteiger partial charge on any atom is -0.383 e. The Morgan fingerprint density at radius 2 is 2.03 bits per heavy atom. The minimum atomic E-state index is 0. The Kier molecular flexibility index (Phi) is 14.1. The lowest BCUT2D eigenvalue weighted by molar-refractivity contribution is -0.0284. The molecule has 1 aromatic rings. The summed E-state index contributed by atoms with van der Waals surface area (Å²) >= 11 is 0. The van der Waals surface area contributed by atoms with Crippen molar-refractivity contribution in [3.05, 3.63) is 29.8 Å². The lowest BCUT2D eigenvalue weighted by Gasteiger charge is -2.34. The number of morpholine rings is 1. The first kappa shape index (κ1) is 26.9. The van der Waals surface area contributed by atoms with Gasteiger partial charge in [-0.1, -0.05) is 26.0 Å². The topological polar surface area (TPSA) is 70.2 Å². The molecule has 30 heavy (non-hydrogen) atoms. The van der Waals surface area contributed by atoms with Crippen molar-refractivity contribution >= 4 is 35.6 Å². The summed E-state index contributed by atoms with van der Waals surface area (Å²) in [5.41, 5.74) is 2.27. The van der Waals surface area contributed by atoms with Crippen molar-refractivity contribution in [1.29, 1.82) is 0 Å². The third-order valence-corrected chi connectivity index (χ3v) is 4.70. The van der Waals surface area contributed by atoms with Crippen molar-refractivity contribution in [1.82, 2.24) is 15.5 Å². The number of hydrogen-bond donors (Lipinski definition) is 3. The molecule has 0 amide bonds. The number of aliphatic imine (C=N–C) groups is 1. The molecule has 1 fully saturated rings. The molecule has 0 aliphatic carbocycles. The molecule has 172 valence electrons. The van der Waals surface area contributed by atoms with Crippen LogP contribution in [-0.4, -0.2) is 76.6 Å². The molecule has 3 N–H and O–H groups in total. The van der Waals surface area contributed by atoms with E-state index in [4.69, 9.17) is 14.5 Å². The first-order valence-corrected chi connectivity index (χ1v) is 10.8. The largest absolute Gasteiger partial charge is 0.383 e. The number of methoxy groups -OCH3 is 1. The molecule has 0 bridgehead atoms. The average molecular weight is 533 g/mol. The van der Waals surface area contributed by atoms with Crippen LogP contribution in [0.2, 0.25) is 0 Å². The van der Waals surface area contributed by atoms with E-state index >= 15 is 0 Å². The number of benzene rings is 1. The van der Waals surface area contributed by atoms with Crippen LogP contribution >= 0.6 is 24.0 Å². The number of hydrogen-bond acceptors (Lipinski definition) is 5. The SMILES string of the molecule is CCNC(=NCc1ccc(NCCOC)cc1)NCC1CN(CC(C)C)CCO1.I. The third-order valence-electron chi connectivity index (χ3n) is 4.70. The fourth-order valence-corrected chi connectivity index (χ4v) is 3.33. The Labute approximate surface area is 199 Å². The van der Waals surface area contributed by atoms with Crippen LogP contribution in [0.5, 0.6) is 0 Å². The van der Waals surface area contributed by atoms with Crippen LogP contribution in [0.15, 0.2) is 29.3 Å². The Morgan fingerprint density at radius 1 is 1.27 bits per heavy atom. The van der Waals surface area contributed by atoms with Crippen LogP contribution < -0.4 is 16.0 Å². The van der Waals surface area contributed by atoms with Gasteiger partial charge in [0.1, 0.15) is 0 Å². The maximum Gasteiger partial charge on any atom is 0.191 e. The van der Waals surface area contributed by atoms with Crippen molar-refractivity contribution in [2.24, 2.45) is 10.9 Å². The van der Waals surface area contributed by atoms with Crippen LogP contribution in [0.1, 0.15) is 26.3 Å². The van der Waals surface area contributed by atoms with Gasteiger partial charge in [0.05, 0.1) is 25.9 Å². The predicted octanol–water partition coefficient (Wildman–Crippen LogP) is 2.77. The van der Waals surface area contributed by atoms with E-state index in [-0.39, 0.29) is 30.1 Å². The van der Waals surface area contributed by atoms with Gasteiger partial charge in [-0.2, -0.15) is 0 Å². The molecule has 0 aromatic heterocycles. The van der Waals surface area contributed by atoms with Gasteiger partial charge in [-0.25, -0.2) is 4.99 Å². The van der Waals surface area contributed by atoms with Gasteiger partial charge >= 0.3 is 0 Å². The average Bonchev–Trinajstić information content (AvgIpc) is 2.71. The molecule has 1 aliphatic heterocycles. The van der Waals surface area contributed by atoms with E-state index in [1.807, 2.05) is 0 Å². The molecule has 0 spiro atoms. The molecular weight excluding hydrogens is 493 g/mol. The Morgan fingerprint density at radius 3 is 2.70 bits per heavy atom. The molecule has 0 radical (unpaired) electrons. The van der Waals surface area contributed by atoms with Crippen LogP contribution in [0.4, 0.5) is 5.69 Å². The number of nitrogens with zero attached hydrogens (tertiary/aromatic N) is 2. The van der Waals surface area contributed by atoms with Crippen molar-refractivity contribution in [2.75, 3.05) is 64.9 Å². The zero-order chi connectivity index (χ0) is 20.9. The molecule has 1 unspecified atom stereocenters. The zero-order valence-electron chi connectivity index (χ0n) is 18.9. The van der Waals surface area contributed by atoms with Gasteiger partial charge in [0.25, 0.3) is 0 Å². The van der Waals surface area contributed by atoms with E-state index in [0.29, 0.717) is 19.1 Å². The number of ether oxygens (including phenoxy) is 2. The Hall–Kier alpha value is -1.10. The number of anilines is 1. The fourth-order valence-electron chi connectivity index (χ4n) is 3.33. The number of rotatable bonds is 11. The maximum absolute atomic E-state index is 5.93. The van der Waals surface area contributed by atoms with Crippen molar-refractivity contribution < 1.29 is 9.47 Å². The summed E-state index contributed by atoms with van der Waals surface area (Å²) in [6, 6.07) is 8.38.